The Morgan fingerprint density at radius 3 is 2.43 bits per heavy atom. The fourth-order valence-corrected chi connectivity index (χ4v) is 1.23. The van der Waals surface area contributed by atoms with Crippen molar-refractivity contribution >= 4 is 7.82 Å². The van der Waals surface area contributed by atoms with Crippen molar-refractivity contribution in [3.63, 3.8) is 0 Å². The minimum atomic E-state index is -4.50. The lowest BCUT2D eigenvalue weighted by Gasteiger charge is -2.19. The second-order valence-corrected chi connectivity index (χ2v) is 4.26. The van der Waals surface area contributed by atoms with Crippen LogP contribution in [-0.2, 0) is 9.09 Å². The van der Waals surface area contributed by atoms with Crippen LogP contribution in [0, 0.1) is 5.92 Å². The molecule has 0 radical (unpaired) electrons. The summed E-state index contributed by atoms with van der Waals surface area (Å²) in [4.78, 5) is 16.8. The van der Waals surface area contributed by atoms with E-state index >= 15 is 0 Å². The molecule has 84 valence electrons. The molecule has 14 heavy (non-hydrogen) atoms. The first-order valence-electron chi connectivity index (χ1n) is 3.94. The molecule has 0 unspecified atom stereocenters. The Morgan fingerprint density at radius 2 is 2.07 bits per heavy atom. The Hall–Kier alpha value is -0.230. The van der Waals surface area contributed by atoms with Gasteiger partial charge in [-0.1, -0.05) is 13.5 Å². The van der Waals surface area contributed by atoms with Crippen molar-refractivity contribution in [3.8, 4) is 0 Å². The molecule has 4 N–H and O–H groups in total. The molecular formula is C7H15O6P. The largest absolute Gasteiger partial charge is 0.469 e. The molecule has 0 aliphatic heterocycles. The molecule has 6 nitrogen and oxygen atoms in total. The van der Waals surface area contributed by atoms with E-state index in [9.17, 15) is 9.67 Å². The second-order valence-electron chi connectivity index (χ2n) is 3.02. The molecule has 7 heteroatoms. The van der Waals surface area contributed by atoms with E-state index in [-0.39, 0.29) is 18.8 Å². The minimum Gasteiger partial charge on any atom is -0.392 e. The zero-order chi connectivity index (χ0) is 11.4. The van der Waals surface area contributed by atoms with Gasteiger partial charge >= 0.3 is 7.82 Å². The lowest BCUT2D eigenvalue weighted by molar-refractivity contribution is 0.0875. The highest BCUT2D eigenvalue weighted by Gasteiger charge is 2.21. The van der Waals surface area contributed by atoms with Gasteiger partial charge < -0.3 is 20.0 Å². The zero-order valence-electron chi connectivity index (χ0n) is 7.83. The maximum absolute atomic E-state index is 10.3. The van der Waals surface area contributed by atoms with Gasteiger partial charge in [0.15, 0.2) is 0 Å². The summed E-state index contributed by atoms with van der Waals surface area (Å²) in [7, 11) is -4.50. The van der Waals surface area contributed by atoms with Crippen LogP contribution in [0.4, 0.5) is 0 Å². The van der Waals surface area contributed by atoms with Crippen molar-refractivity contribution in [2.45, 2.75) is 13.0 Å². The van der Waals surface area contributed by atoms with Gasteiger partial charge in [0.05, 0.1) is 19.3 Å². The number of phosphoric acid groups is 1. The average molecular weight is 226 g/mol. The molecule has 0 saturated heterocycles. The van der Waals surface area contributed by atoms with Gasteiger partial charge in [0.25, 0.3) is 0 Å². The van der Waals surface area contributed by atoms with E-state index in [0.717, 1.165) is 0 Å². The third kappa shape index (κ3) is 5.49. The Balaban J connectivity index is 4.02. The van der Waals surface area contributed by atoms with Gasteiger partial charge in [-0.05, 0) is 5.57 Å². The molecule has 0 aliphatic carbocycles. The van der Waals surface area contributed by atoms with Gasteiger partial charge in [-0.2, -0.15) is 0 Å². The van der Waals surface area contributed by atoms with Crippen molar-refractivity contribution in [2.24, 2.45) is 5.92 Å². The van der Waals surface area contributed by atoms with Gasteiger partial charge in [0, 0.05) is 5.92 Å². The van der Waals surface area contributed by atoms with Crippen LogP contribution in [-0.4, -0.2) is 39.3 Å². The topological polar surface area (TPSA) is 107 Å². The Morgan fingerprint density at radius 1 is 1.57 bits per heavy atom. The number of aliphatic hydroxyl groups excluding tert-OH is 2. The summed E-state index contributed by atoms with van der Waals surface area (Å²) < 4.78 is 14.5. The summed E-state index contributed by atoms with van der Waals surface area (Å²) >= 11 is 0. The van der Waals surface area contributed by atoms with Gasteiger partial charge in [0.2, 0.25) is 0 Å². The van der Waals surface area contributed by atoms with Crippen LogP contribution in [0.1, 0.15) is 6.92 Å². The Kier molecular flexibility index (Phi) is 5.51. The zero-order valence-corrected chi connectivity index (χ0v) is 8.72. The maximum Gasteiger partial charge on any atom is 0.469 e. The summed E-state index contributed by atoms with van der Waals surface area (Å²) in [6, 6.07) is 0. The quantitative estimate of drug-likeness (QED) is 0.364. The summed E-state index contributed by atoms with van der Waals surface area (Å²) in [5.74, 6) is -0.540. The lowest BCUT2D eigenvalue weighted by Crippen LogP contribution is -2.25. The molecule has 0 amide bonds. The molecule has 0 aliphatic rings. The summed E-state index contributed by atoms with van der Waals surface area (Å²) in [6.07, 6.45) is -1.04. The number of rotatable bonds is 6. The molecule has 2 atom stereocenters. The van der Waals surface area contributed by atoms with Crippen molar-refractivity contribution < 1.29 is 29.1 Å². The van der Waals surface area contributed by atoms with Crippen LogP contribution in [0.3, 0.4) is 0 Å². The summed E-state index contributed by atoms with van der Waals surface area (Å²) in [6.45, 7) is 4.24. The maximum atomic E-state index is 10.3. The van der Waals surface area contributed by atoms with E-state index in [1.165, 1.54) is 6.92 Å². The number of hydrogen-bond acceptors (Lipinski definition) is 4. The van der Waals surface area contributed by atoms with Crippen molar-refractivity contribution in [3.05, 3.63) is 12.2 Å². The molecule has 0 spiro atoms. The molecule has 0 heterocycles. The van der Waals surface area contributed by atoms with Gasteiger partial charge in [-0.15, -0.1) is 0 Å². The Bertz CT molecular complexity index is 234. The van der Waals surface area contributed by atoms with Crippen LogP contribution in [0.5, 0.6) is 0 Å². The van der Waals surface area contributed by atoms with E-state index in [1.54, 1.807) is 0 Å². The monoisotopic (exact) mass is 226 g/mol. The fourth-order valence-electron chi connectivity index (χ4n) is 0.802. The van der Waals surface area contributed by atoms with Crippen LogP contribution in [0.2, 0.25) is 0 Å². The predicted octanol–water partition coefficient (Wildman–Crippen LogP) is -0.359. The molecule has 0 fully saturated rings. The standard InChI is InChI=1S/C7H15O6P/c1-5(3-8)7(9)6(2)4-13-14(10,11)12/h6-9H,1,3-4H2,2H3,(H2,10,11,12)/t6-,7-/m0/s1. The second kappa shape index (κ2) is 5.60. The van der Waals surface area contributed by atoms with E-state index in [4.69, 9.17) is 14.9 Å². The molecule has 0 aromatic carbocycles. The van der Waals surface area contributed by atoms with E-state index in [1.807, 2.05) is 0 Å². The van der Waals surface area contributed by atoms with E-state index < -0.39 is 19.8 Å². The third-order valence-corrected chi connectivity index (χ3v) is 2.15. The smallest absolute Gasteiger partial charge is 0.392 e. The number of hydrogen-bond donors (Lipinski definition) is 4. The molecular weight excluding hydrogens is 211 g/mol. The normalized spacial score (nSPS) is 16.4. The first-order chi connectivity index (χ1) is 6.28. The lowest BCUT2D eigenvalue weighted by atomic mass is 10.00. The highest BCUT2D eigenvalue weighted by atomic mass is 31.2. The number of phosphoric ester groups is 1. The average Bonchev–Trinajstić information content (AvgIpc) is 2.10. The van der Waals surface area contributed by atoms with Crippen molar-refractivity contribution in [1.82, 2.24) is 0 Å². The number of aliphatic hydroxyl groups is 2. The van der Waals surface area contributed by atoms with Crippen LogP contribution < -0.4 is 0 Å². The molecule has 0 rings (SSSR count). The highest BCUT2D eigenvalue weighted by Crippen LogP contribution is 2.36. The third-order valence-electron chi connectivity index (χ3n) is 1.67. The van der Waals surface area contributed by atoms with Crippen LogP contribution >= 0.6 is 7.82 Å². The van der Waals surface area contributed by atoms with Crippen molar-refractivity contribution in [1.29, 1.82) is 0 Å². The van der Waals surface area contributed by atoms with Crippen LogP contribution in [0.15, 0.2) is 12.2 Å². The summed E-state index contributed by atoms with van der Waals surface area (Å²) in [5, 5.41) is 18.0. The van der Waals surface area contributed by atoms with Gasteiger partial charge in [-0.3, -0.25) is 4.52 Å². The predicted molar refractivity (Wildman–Crippen MR) is 49.4 cm³/mol. The SMILES string of the molecule is C=C(CO)[C@H](O)[C@@H](C)COP(=O)(O)O. The van der Waals surface area contributed by atoms with Crippen molar-refractivity contribution in [2.75, 3.05) is 13.2 Å². The molecule has 0 saturated carbocycles. The fraction of sp³-hybridized carbons (Fsp3) is 0.714. The van der Waals surface area contributed by atoms with Gasteiger partial charge in [0.1, 0.15) is 0 Å². The minimum absolute atomic E-state index is 0.187. The van der Waals surface area contributed by atoms with Crippen LogP contribution in [0.25, 0.3) is 0 Å². The van der Waals surface area contributed by atoms with E-state index in [0.29, 0.717) is 0 Å². The van der Waals surface area contributed by atoms with E-state index in [2.05, 4.69) is 11.1 Å². The summed E-state index contributed by atoms with van der Waals surface area (Å²) in [5.41, 5.74) is 0.187. The highest BCUT2D eigenvalue weighted by molar-refractivity contribution is 7.46. The molecule has 0 aromatic heterocycles. The first-order valence-corrected chi connectivity index (χ1v) is 5.47. The Labute approximate surface area is 82.1 Å². The first kappa shape index (κ1) is 13.8. The molecule has 0 aromatic rings. The molecule has 0 bridgehead atoms. The van der Waals surface area contributed by atoms with Gasteiger partial charge in [-0.25, -0.2) is 4.57 Å².